The molecule has 0 spiro atoms. The van der Waals surface area contributed by atoms with Crippen molar-refractivity contribution >= 4 is 23.2 Å². The molecule has 6 heteroatoms. The molecule has 1 aromatic carbocycles. The molecule has 0 saturated heterocycles. The van der Waals surface area contributed by atoms with E-state index in [1.165, 1.54) is 0 Å². The van der Waals surface area contributed by atoms with Gasteiger partial charge in [-0.3, -0.25) is 9.59 Å². The summed E-state index contributed by atoms with van der Waals surface area (Å²) < 4.78 is 5.44. The van der Waals surface area contributed by atoms with Crippen LogP contribution >= 0.6 is 0 Å². The summed E-state index contributed by atoms with van der Waals surface area (Å²) in [6.07, 6.45) is -0.513. The second kappa shape index (κ2) is 5.50. The first-order chi connectivity index (χ1) is 9.38. The number of carbonyl (C=O) groups excluding carboxylic acids is 2. The van der Waals surface area contributed by atoms with Gasteiger partial charge in [0.1, 0.15) is 5.75 Å². The Morgan fingerprint density at radius 2 is 2.15 bits per heavy atom. The number of rotatable bonds is 3. The Morgan fingerprint density at radius 3 is 2.80 bits per heavy atom. The summed E-state index contributed by atoms with van der Waals surface area (Å²) in [7, 11) is 0. The molecule has 1 heterocycles. The predicted molar refractivity (Wildman–Crippen MR) is 76.6 cm³/mol. The van der Waals surface area contributed by atoms with Crippen LogP contribution in [0.15, 0.2) is 18.2 Å². The van der Waals surface area contributed by atoms with Crippen molar-refractivity contribution in [1.29, 1.82) is 0 Å². The van der Waals surface area contributed by atoms with E-state index in [9.17, 15) is 9.59 Å². The van der Waals surface area contributed by atoms with E-state index < -0.39 is 6.10 Å². The van der Waals surface area contributed by atoms with E-state index in [4.69, 9.17) is 10.5 Å². The molecular weight excluding hydrogens is 258 g/mol. The molecule has 3 atom stereocenters. The van der Waals surface area contributed by atoms with E-state index in [2.05, 4.69) is 10.6 Å². The van der Waals surface area contributed by atoms with Crippen LogP contribution in [0.25, 0.3) is 0 Å². The summed E-state index contributed by atoms with van der Waals surface area (Å²) in [5, 5.41) is 5.51. The van der Waals surface area contributed by atoms with E-state index in [1.54, 1.807) is 39.0 Å². The zero-order valence-corrected chi connectivity index (χ0v) is 11.8. The van der Waals surface area contributed by atoms with Crippen LogP contribution in [-0.4, -0.2) is 24.0 Å². The molecule has 2 rings (SSSR count). The summed E-state index contributed by atoms with van der Waals surface area (Å²) >= 11 is 0. The van der Waals surface area contributed by atoms with Crippen molar-refractivity contribution in [3.8, 4) is 5.75 Å². The molecule has 0 radical (unpaired) electrons. The third-order valence-electron chi connectivity index (χ3n) is 3.38. The Labute approximate surface area is 117 Å². The number of fused-ring (bicyclic) bond motifs is 1. The second-order valence-electron chi connectivity index (χ2n) is 5.10. The summed E-state index contributed by atoms with van der Waals surface area (Å²) in [4.78, 5) is 23.5. The minimum Gasteiger partial charge on any atom is -0.479 e. The van der Waals surface area contributed by atoms with Crippen LogP contribution in [0.4, 0.5) is 11.4 Å². The zero-order valence-electron chi connectivity index (χ0n) is 11.8. The molecule has 2 amide bonds. The fraction of sp³-hybridized carbons (Fsp3) is 0.429. The Bertz CT molecular complexity index is 542. The van der Waals surface area contributed by atoms with Crippen molar-refractivity contribution in [3.05, 3.63) is 18.2 Å². The number of benzene rings is 1. The number of hydrogen-bond acceptors (Lipinski definition) is 4. The summed E-state index contributed by atoms with van der Waals surface area (Å²) in [6, 6.07) is 4.90. The molecule has 0 aromatic heterocycles. The normalized spacial score (nSPS) is 20.2. The third kappa shape index (κ3) is 2.91. The molecule has 3 unspecified atom stereocenters. The molecule has 0 bridgehead atoms. The van der Waals surface area contributed by atoms with Crippen molar-refractivity contribution in [2.45, 2.75) is 32.9 Å². The molecule has 0 fully saturated rings. The van der Waals surface area contributed by atoms with Gasteiger partial charge in [0, 0.05) is 11.7 Å². The fourth-order valence-corrected chi connectivity index (χ4v) is 1.78. The van der Waals surface area contributed by atoms with Crippen LogP contribution in [0.3, 0.4) is 0 Å². The van der Waals surface area contributed by atoms with Gasteiger partial charge in [-0.2, -0.15) is 0 Å². The summed E-state index contributed by atoms with van der Waals surface area (Å²) in [6.45, 7) is 5.23. The van der Waals surface area contributed by atoms with Gasteiger partial charge in [-0.1, -0.05) is 6.92 Å². The average molecular weight is 277 g/mol. The lowest BCUT2D eigenvalue weighted by molar-refractivity contribution is -0.122. The van der Waals surface area contributed by atoms with Crippen LogP contribution in [0.1, 0.15) is 20.8 Å². The highest BCUT2D eigenvalue weighted by molar-refractivity contribution is 5.99. The lowest BCUT2D eigenvalue weighted by Gasteiger charge is -2.24. The zero-order chi connectivity index (χ0) is 14.9. The van der Waals surface area contributed by atoms with Crippen LogP contribution in [0.5, 0.6) is 5.75 Å². The summed E-state index contributed by atoms with van der Waals surface area (Å²) in [5.41, 5.74) is 6.85. The highest BCUT2D eigenvalue weighted by Gasteiger charge is 2.24. The Morgan fingerprint density at radius 1 is 1.45 bits per heavy atom. The molecule has 108 valence electrons. The maximum atomic E-state index is 11.9. The van der Waals surface area contributed by atoms with Crippen molar-refractivity contribution in [2.75, 3.05) is 10.6 Å². The van der Waals surface area contributed by atoms with Crippen molar-refractivity contribution in [3.63, 3.8) is 0 Å². The predicted octanol–water partition coefficient (Wildman–Crippen LogP) is 1.33. The van der Waals surface area contributed by atoms with Gasteiger partial charge < -0.3 is 21.1 Å². The first-order valence-electron chi connectivity index (χ1n) is 6.56. The number of nitrogens with two attached hydrogens (primary N) is 1. The Balaban J connectivity index is 2.14. The van der Waals surface area contributed by atoms with Crippen molar-refractivity contribution in [1.82, 2.24) is 0 Å². The molecular formula is C14H19N3O3. The maximum Gasteiger partial charge on any atom is 0.265 e. The lowest BCUT2D eigenvalue weighted by atomic mass is 10.0. The SMILES string of the molecule is CC1Oc2ccc(NC(=O)C(C)C(C)N)cc2NC1=O. The molecule has 1 aliphatic heterocycles. The molecule has 1 aromatic rings. The first-order valence-corrected chi connectivity index (χ1v) is 6.56. The summed E-state index contributed by atoms with van der Waals surface area (Å²) in [5.74, 6) is -0.0615. The first kappa shape index (κ1) is 14.3. The quantitative estimate of drug-likeness (QED) is 0.777. The highest BCUT2D eigenvalue weighted by Crippen LogP contribution is 2.32. The van der Waals surface area contributed by atoms with Gasteiger partial charge in [0.05, 0.1) is 11.6 Å². The average Bonchev–Trinajstić information content (AvgIpc) is 2.39. The second-order valence-corrected chi connectivity index (χ2v) is 5.10. The third-order valence-corrected chi connectivity index (χ3v) is 3.38. The van der Waals surface area contributed by atoms with Crippen molar-refractivity contribution < 1.29 is 14.3 Å². The van der Waals surface area contributed by atoms with E-state index in [-0.39, 0.29) is 23.8 Å². The monoisotopic (exact) mass is 277 g/mol. The standard InChI is InChI=1S/C14H19N3O3/c1-7(8(2)15)13(18)16-10-4-5-12-11(6-10)17-14(19)9(3)20-12/h4-9H,15H2,1-3H3,(H,16,18)(H,17,19). The van der Waals surface area contributed by atoms with Gasteiger partial charge in [-0.15, -0.1) is 0 Å². The minimum atomic E-state index is -0.513. The van der Waals surface area contributed by atoms with E-state index in [0.29, 0.717) is 17.1 Å². The van der Waals surface area contributed by atoms with Gasteiger partial charge in [0.15, 0.2) is 6.10 Å². The molecule has 0 aliphatic carbocycles. The van der Waals surface area contributed by atoms with Crippen LogP contribution < -0.4 is 21.1 Å². The number of nitrogens with one attached hydrogen (secondary N) is 2. The largest absolute Gasteiger partial charge is 0.479 e. The molecule has 20 heavy (non-hydrogen) atoms. The number of carbonyl (C=O) groups is 2. The van der Waals surface area contributed by atoms with Gasteiger partial charge >= 0.3 is 0 Å². The number of hydrogen-bond donors (Lipinski definition) is 3. The number of anilines is 2. The van der Waals surface area contributed by atoms with Crippen LogP contribution in [0, 0.1) is 5.92 Å². The molecule has 0 saturated carbocycles. The van der Waals surface area contributed by atoms with Crippen LogP contribution in [0.2, 0.25) is 0 Å². The topological polar surface area (TPSA) is 93.4 Å². The smallest absolute Gasteiger partial charge is 0.265 e. The van der Waals surface area contributed by atoms with Gasteiger partial charge in [0.25, 0.3) is 5.91 Å². The van der Waals surface area contributed by atoms with Gasteiger partial charge in [0.2, 0.25) is 5.91 Å². The Hall–Kier alpha value is -2.08. The highest BCUT2D eigenvalue weighted by atomic mass is 16.5. The number of ether oxygens (including phenoxy) is 1. The molecule has 6 nitrogen and oxygen atoms in total. The maximum absolute atomic E-state index is 11.9. The molecule has 4 N–H and O–H groups in total. The minimum absolute atomic E-state index is 0.156. The lowest BCUT2D eigenvalue weighted by Crippen LogP contribution is -2.35. The molecule has 1 aliphatic rings. The van der Waals surface area contributed by atoms with Gasteiger partial charge in [-0.05, 0) is 32.0 Å². The Kier molecular flexibility index (Phi) is 3.94. The van der Waals surface area contributed by atoms with Crippen LogP contribution in [-0.2, 0) is 9.59 Å². The number of amides is 2. The fourth-order valence-electron chi connectivity index (χ4n) is 1.78. The van der Waals surface area contributed by atoms with E-state index in [1.807, 2.05) is 0 Å². The van der Waals surface area contributed by atoms with Crippen molar-refractivity contribution in [2.24, 2.45) is 11.7 Å². The van der Waals surface area contributed by atoms with Gasteiger partial charge in [-0.25, -0.2) is 0 Å². The van der Waals surface area contributed by atoms with E-state index >= 15 is 0 Å². The van der Waals surface area contributed by atoms with E-state index in [0.717, 1.165) is 0 Å².